The summed E-state index contributed by atoms with van der Waals surface area (Å²) in [5.41, 5.74) is 0. The van der Waals surface area contributed by atoms with Crippen molar-refractivity contribution in [3.8, 4) is 0 Å². The Balaban J connectivity index is 2.02. The minimum atomic E-state index is 0.110. The second-order valence-corrected chi connectivity index (χ2v) is 11.8. The molecule has 2 aromatic rings. The minimum absolute atomic E-state index is 0.110. The highest BCUT2D eigenvalue weighted by Crippen LogP contribution is 2.44. The highest BCUT2D eigenvalue weighted by Gasteiger charge is 2.07. The van der Waals surface area contributed by atoms with Crippen molar-refractivity contribution < 1.29 is 0 Å². The van der Waals surface area contributed by atoms with Crippen LogP contribution in [0, 0.1) is 0 Å². The monoisotopic (exact) mass is 259 g/mol. The molecule has 0 radical (unpaired) electrons. The molecule has 0 aromatic carbocycles. The molecule has 4 atom stereocenters. The van der Waals surface area contributed by atoms with E-state index in [1.54, 1.807) is 10.1 Å². The predicted molar refractivity (Wildman–Crippen MR) is 77.6 cm³/mol. The van der Waals surface area contributed by atoms with E-state index in [0.717, 1.165) is 8.27 Å². The molecule has 14 heavy (non-hydrogen) atoms. The van der Waals surface area contributed by atoms with Crippen molar-refractivity contribution in [3.63, 3.8) is 0 Å². The molecule has 0 saturated heterocycles. The summed E-state index contributed by atoms with van der Waals surface area (Å²) < 4.78 is 0. The van der Waals surface area contributed by atoms with E-state index in [1.807, 2.05) is 0 Å². The number of hydrogen-bond donors (Lipinski definition) is 0. The molecule has 2 heterocycles. The third kappa shape index (κ3) is 2.51. The van der Waals surface area contributed by atoms with Crippen molar-refractivity contribution >= 4 is 41.7 Å². The van der Waals surface area contributed by atoms with Crippen LogP contribution in [0.15, 0.2) is 35.9 Å². The van der Waals surface area contributed by atoms with Gasteiger partial charge in [-0.2, -0.15) is 0 Å². The average molecular weight is 259 g/mol. The zero-order chi connectivity index (χ0) is 9.97. The Labute approximate surface area is 91.1 Å². The summed E-state index contributed by atoms with van der Waals surface area (Å²) in [6.45, 7) is 4.74. The maximum atomic E-state index is 2.37. The summed E-state index contributed by atoms with van der Waals surface area (Å²) in [5.74, 6) is 4.74. The molecular weight excluding hydrogens is 244 g/mol. The molecule has 0 saturated carbocycles. The second kappa shape index (κ2) is 4.96. The van der Waals surface area contributed by atoms with Crippen LogP contribution < -0.4 is 10.1 Å². The Kier molecular flexibility index (Phi) is 3.87. The third-order valence-corrected chi connectivity index (χ3v) is 13.3. The summed E-state index contributed by atoms with van der Waals surface area (Å²) in [5, 5.41) is 3.49. The lowest BCUT2D eigenvalue weighted by atomic mass is 10.7. The van der Waals surface area contributed by atoms with Crippen LogP contribution in [0.25, 0.3) is 0 Å². The molecule has 0 N–H and O–H groups in total. The lowest BCUT2D eigenvalue weighted by molar-refractivity contribution is 2.06. The fraction of sp³-hybridized carbons (Fsp3) is 0.200. The fourth-order valence-electron chi connectivity index (χ4n) is 1.38. The maximum absolute atomic E-state index is 2.37. The summed E-state index contributed by atoms with van der Waals surface area (Å²) >= 11 is 0. The van der Waals surface area contributed by atoms with Crippen LogP contribution in [-0.4, -0.2) is 0 Å². The Morgan fingerprint density at radius 3 is 2.36 bits per heavy atom. The topological polar surface area (TPSA) is 0 Å². The second-order valence-electron chi connectivity index (χ2n) is 3.34. The molecule has 0 amide bonds. The molecule has 0 aliphatic rings. The quantitative estimate of drug-likeness (QED) is 0.737. The van der Waals surface area contributed by atoms with Crippen LogP contribution in [-0.2, 0) is 13.3 Å². The molecule has 0 bridgehead atoms. The number of aryl methyl sites for hydroxylation is 2. The van der Waals surface area contributed by atoms with Crippen LogP contribution >= 0.6 is 31.6 Å². The summed E-state index contributed by atoms with van der Waals surface area (Å²) in [6.07, 6.45) is 0. The zero-order valence-electron chi connectivity index (χ0n) is 8.44. The summed E-state index contributed by atoms with van der Waals surface area (Å²) in [7, 11) is 1.88. The molecule has 2 aromatic heterocycles. The molecule has 0 fully saturated rings. The van der Waals surface area contributed by atoms with Gasteiger partial charge in [-0.25, -0.2) is 0 Å². The lowest BCUT2D eigenvalue weighted by Crippen LogP contribution is -1.85. The molecule has 4 heteroatoms. The first-order valence-electron chi connectivity index (χ1n) is 4.60. The van der Waals surface area contributed by atoms with Gasteiger partial charge in [-0.05, 0) is 37.1 Å². The van der Waals surface area contributed by atoms with Gasteiger partial charge in [0.1, 0.15) is 5.04 Å². The normalized spacial score (nSPS) is 15.0. The van der Waals surface area contributed by atoms with Gasteiger partial charge in [0.25, 0.3) is 0 Å². The van der Waals surface area contributed by atoms with Gasteiger partial charge in [-0.15, -0.1) is 7.53 Å². The molecule has 0 nitrogen and oxygen atoms in total. The van der Waals surface area contributed by atoms with Gasteiger partial charge in [0.15, 0.2) is 0 Å². The van der Waals surface area contributed by atoms with E-state index in [-0.39, 0.29) is 15.1 Å². The smallest absolute Gasteiger partial charge is 0.109 e. The predicted octanol–water partition coefficient (Wildman–Crippen LogP) is 3.69. The van der Waals surface area contributed by atoms with E-state index in [9.17, 15) is 0 Å². The van der Waals surface area contributed by atoms with Gasteiger partial charge in [0.05, 0.1) is 8.27 Å². The van der Waals surface area contributed by atoms with Gasteiger partial charge in [0, 0.05) is 13.3 Å². The lowest BCUT2D eigenvalue weighted by Gasteiger charge is -1.95. The Hall–Kier alpha value is 0.420. The van der Waals surface area contributed by atoms with Crippen LogP contribution in [0.1, 0.15) is 0 Å². The highest BCUT2D eigenvalue weighted by molar-refractivity contribution is 8.22. The van der Waals surface area contributed by atoms with Crippen molar-refractivity contribution in [2.75, 3.05) is 0 Å². The first kappa shape index (κ1) is 10.9. The van der Waals surface area contributed by atoms with Gasteiger partial charge in [-0.3, -0.25) is 0 Å². The van der Waals surface area contributed by atoms with E-state index in [0.29, 0.717) is 8.27 Å². The van der Waals surface area contributed by atoms with Crippen LogP contribution in [0.3, 0.4) is 0 Å². The molecule has 4 unspecified atom stereocenters. The van der Waals surface area contributed by atoms with E-state index in [4.69, 9.17) is 0 Å². The van der Waals surface area contributed by atoms with Gasteiger partial charge >= 0.3 is 0 Å². The molecule has 2 rings (SSSR count). The van der Waals surface area contributed by atoms with E-state index >= 15 is 0 Å². The third-order valence-electron chi connectivity index (χ3n) is 2.30. The van der Waals surface area contributed by atoms with Crippen LogP contribution in [0.5, 0.6) is 0 Å². The first-order chi connectivity index (χ1) is 6.77. The molecule has 0 aliphatic carbocycles. The summed E-state index contributed by atoms with van der Waals surface area (Å²) in [4.78, 5) is 0. The summed E-state index contributed by atoms with van der Waals surface area (Å²) in [6, 6.07) is 9.19. The van der Waals surface area contributed by atoms with Crippen molar-refractivity contribution in [3.05, 3.63) is 35.9 Å². The van der Waals surface area contributed by atoms with Crippen molar-refractivity contribution in [2.45, 2.75) is 0 Å². The zero-order valence-corrected chi connectivity index (χ0v) is 12.4. The maximum Gasteiger partial charge on any atom is 0.109 e. The molecular formula is C10H15P4+. The Morgan fingerprint density at radius 2 is 1.79 bits per heavy atom. The van der Waals surface area contributed by atoms with Gasteiger partial charge in [0.2, 0.25) is 0 Å². The largest absolute Gasteiger partial charge is 0.117 e. The van der Waals surface area contributed by atoms with Crippen molar-refractivity contribution in [1.82, 2.24) is 0 Å². The molecule has 0 spiro atoms. The van der Waals surface area contributed by atoms with E-state index in [2.05, 4.69) is 49.2 Å². The standard InChI is InChI=1S/C10H14P4/c1-13-7-3-5-9(13)11-12-10-6-4-8-14(10)2/h3-8,11-12H,1-2H3/p+1. The van der Waals surface area contributed by atoms with E-state index < -0.39 is 0 Å². The van der Waals surface area contributed by atoms with Crippen molar-refractivity contribution in [1.29, 1.82) is 0 Å². The number of hydrogen-bond acceptors (Lipinski definition) is 0. The van der Waals surface area contributed by atoms with Crippen molar-refractivity contribution in [2.24, 2.45) is 13.3 Å². The fourth-order valence-corrected chi connectivity index (χ4v) is 12.1. The SMILES string of the molecule is Cp1cccc1P[PH2+]c1cccp1C. The highest BCUT2D eigenvalue weighted by atomic mass is 32.0. The van der Waals surface area contributed by atoms with Crippen LogP contribution in [0.4, 0.5) is 0 Å². The van der Waals surface area contributed by atoms with Gasteiger partial charge in [-0.1, -0.05) is 19.7 Å². The van der Waals surface area contributed by atoms with Gasteiger partial charge < -0.3 is 0 Å². The molecule has 74 valence electrons. The number of rotatable bonds is 3. The molecule has 0 aliphatic heterocycles. The minimum Gasteiger partial charge on any atom is -0.117 e. The average Bonchev–Trinajstić information content (AvgIpc) is 2.72. The Morgan fingerprint density at radius 1 is 1.07 bits per heavy atom. The van der Waals surface area contributed by atoms with Crippen LogP contribution in [0.2, 0.25) is 0 Å². The first-order valence-corrected chi connectivity index (χ1v) is 11.7. The van der Waals surface area contributed by atoms with E-state index in [1.165, 1.54) is 0 Å². The Bertz CT molecular complexity index is 373.